The molecule has 2 aromatic rings. The molecule has 0 spiro atoms. The lowest BCUT2D eigenvalue weighted by atomic mass is 10.1. The number of nitrogens with zero attached hydrogens (tertiary/aromatic N) is 1. The van der Waals surface area contributed by atoms with Gasteiger partial charge in [-0.2, -0.15) is 0 Å². The molecule has 8 heteroatoms. The summed E-state index contributed by atoms with van der Waals surface area (Å²) in [5, 5.41) is 5.68. The molecule has 0 aliphatic heterocycles. The van der Waals surface area contributed by atoms with Crippen molar-refractivity contribution in [3.05, 3.63) is 59.7 Å². The Bertz CT molecular complexity index is 876. The minimum Gasteiger partial charge on any atom is -0.495 e. The average molecular weight is 419 g/mol. The van der Waals surface area contributed by atoms with E-state index in [2.05, 4.69) is 10.6 Å². The molecular weight excluding hydrogens is 392 g/mol. The number of hydrogen-bond donors (Lipinski definition) is 2. The smallest absolute Gasteiger partial charge is 0.244 e. The summed E-state index contributed by atoms with van der Waals surface area (Å²) < 4.78 is 32.2. The van der Waals surface area contributed by atoms with Crippen LogP contribution in [0.1, 0.15) is 31.9 Å². The normalized spacial score (nSPS) is 11.6. The van der Waals surface area contributed by atoms with Gasteiger partial charge in [0.25, 0.3) is 0 Å². The van der Waals surface area contributed by atoms with Crippen LogP contribution < -0.4 is 15.4 Å². The number of nitrogens with one attached hydrogen (secondary N) is 2. The molecule has 2 amide bonds. The van der Waals surface area contributed by atoms with Gasteiger partial charge in [0.05, 0.1) is 25.9 Å². The molecule has 1 atom stereocenters. The van der Waals surface area contributed by atoms with E-state index in [9.17, 15) is 18.4 Å². The third-order valence-corrected chi connectivity index (χ3v) is 4.55. The molecule has 1 unspecified atom stereocenters. The Hall–Kier alpha value is -3.00. The van der Waals surface area contributed by atoms with Gasteiger partial charge in [-0.3, -0.25) is 9.59 Å². The van der Waals surface area contributed by atoms with Crippen molar-refractivity contribution in [2.24, 2.45) is 0 Å². The number of ether oxygens (including phenoxy) is 1. The maximum Gasteiger partial charge on any atom is 0.244 e. The van der Waals surface area contributed by atoms with Gasteiger partial charge in [0.15, 0.2) is 0 Å². The van der Waals surface area contributed by atoms with Gasteiger partial charge >= 0.3 is 0 Å². The predicted molar refractivity (Wildman–Crippen MR) is 111 cm³/mol. The summed E-state index contributed by atoms with van der Waals surface area (Å²) in [5.74, 6) is -1.45. The molecule has 0 saturated heterocycles. The molecule has 30 heavy (non-hydrogen) atoms. The highest BCUT2D eigenvalue weighted by Gasteiger charge is 2.19. The van der Waals surface area contributed by atoms with Crippen LogP contribution in [0.25, 0.3) is 0 Å². The van der Waals surface area contributed by atoms with Crippen LogP contribution in [0.15, 0.2) is 42.5 Å². The summed E-state index contributed by atoms with van der Waals surface area (Å²) in [4.78, 5) is 26.5. The molecule has 2 aromatic carbocycles. The summed E-state index contributed by atoms with van der Waals surface area (Å²) >= 11 is 0. The van der Waals surface area contributed by atoms with E-state index in [1.54, 1.807) is 31.2 Å². The van der Waals surface area contributed by atoms with E-state index < -0.39 is 17.7 Å². The fourth-order valence-electron chi connectivity index (χ4n) is 2.99. The number of carbonyl (C=O) groups excluding carboxylic acids is 2. The highest BCUT2D eigenvalue weighted by Crippen LogP contribution is 2.23. The molecule has 0 aliphatic carbocycles. The number of halogens is 2. The number of para-hydroxylation sites is 2. The van der Waals surface area contributed by atoms with Crippen molar-refractivity contribution in [3.8, 4) is 5.75 Å². The topological polar surface area (TPSA) is 70.7 Å². The van der Waals surface area contributed by atoms with Gasteiger partial charge < -0.3 is 20.3 Å². The Labute approximate surface area is 175 Å². The van der Waals surface area contributed by atoms with E-state index in [1.165, 1.54) is 24.1 Å². The van der Waals surface area contributed by atoms with E-state index in [0.29, 0.717) is 24.4 Å². The van der Waals surface area contributed by atoms with Crippen LogP contribution in [0.5, 0.6) is 5.75 Å². The Morgan fingerprint density at radius 1 is 1.17 bits per heavy atom. The zero-order valence-electron chi connectivity index (χ0n) is 17.4. The maximum absolute atomic E-state index is 13.9. The number of amides is 2. The van der Waals surface area contributed by atoms with Crippen LogP contribution in [0.3, 0.4) is 0 Å². The van der Waals surface area contributed by atoms with Crippen molar-refractivity contribution in [2.45, 2.75) is 26.3 Å². The Morgan fingerprint density at radius 3 is 2.57 bits per heavy atom. The largest absolute Gasteiger partial charge is 0.495 e. The standard InChI is InChI=1S/C22H27F2N3O3/c1-4-11-27(14-21(28)26-19-7-5-6-8-20(19)30-3)22(29)13-25-15(2)17-10-9-16(23)12-18(17)24/h5-10,12,15,25H,4,11,13-14H2,1-3H3,(H,26,28). The Balaban J connectivity index is 1.95. The number of anilines is 1. The molecular formula is C22H27F2N3O3. The van der Waals surface area contributed by atoms with Crippen molar-refractivity contribution >= 4 is 17.5 Å². The molecule has 0 aliphatic rings. The number of rotatable bonds is 10. The summed E-state index contributed by atoms with van der Waals surface area (Å²) in [7, 11) is 1.51. The predicted octanol–water partition coefficient (Wildman–Crippen LogP) is 3.50. The van der Waals surface area contributed by atoms with Crippen LogP contribution in [-0.2, 0) is 9.59 Å². The van der Waals surface area contributed by atoms with Crippen molar-refractivity contribution in [1.29, 1.82) is 0 Å². The quantitative estimate of drug-likeness (QED) is 0.618. The van der Waals surface area contributed by atoms with E-state index in [-0.39, 0.29) is 30.5 Å². The van der Waals surface area contributed by atoms with Gasteiger partial charge in [-0.1, -0.05) is 25.1 Å². The zero-order chi connectivity index (χ0) is 22.1. The zero-order valence-corrected chi connectivity index (χ0v) is 17.4. The molecule has 0 heterocycles. The molecule has 0 saturated carbocycles. The van der Waals surface area contributed by atoms with Gasteiger partial charge in [-0.15, -0.1) is 0 Å². The fraction of sp³-hybridized carbons (Fsp3) is 0.364. The highest BCUT2D eigenvalue weighted by molar-refractivity contribution is 5.95. The minimum absolute atomic E-state index is 0.0834. The van der Waals surface area contributed by atoms with Crippen LogP contribution in [0, 0.1) is 11.6 Å². The monoisotopic (exact) mass is 419 g/mol. The van der Waals surface area contributed by atoms with Gasteiger partial charge in [0.1, 0.15) is 17.4 Å². The van der Waals surface area contributed by atoms with Gasteiger partial charge in [-0.05, 0) is 31.5 Å². The van der Waals surface area contributed by atoms with Crippen molar-refractivity contribution in [3.63, 3.8) is 0 Å². The lowest BCUT2D eigenvalue weighted by molar-refractivity contribution is -0.134. The number of benzene rings is 2. The molecule has 6 nitrogen and oxygen atoms in total. The maximum atomic E-state index is 13.9. The molecule has 0 radical (unpaired) electrons. The Kier molecular flexibility index (Phi) is 8.73. The summed E-state index contributed by atoms with van der Waals surface area (Å²) in [5.41, 5.74) is 0.785. The molecule has 2 N–H and O–H groups in total. The van der Waals surface area contributed by atoms with E-state index >= 15 is 0 Å². The first kappa shape index (κ1) is 23.3. The van der Waals surface area contributed by atoms with Crippen LogP contribution in [-0.4, -0.2) is 43.5 Å². The SMILES string of the molecule is CCCN(CC(=O)Nc1ccccc1OC)C(=O)CNC(C)c1ccc(F)cc1F. The molecule has 0 aromatic heterocycles. The second-order valence-corrected chi connectivity index (χ2v) is 6.83. The van der Waals surface area contributed by atoms with Gasteiger partial charge in [-0.25, -0.2) is 8.78 Å². The van der Waals surface area contributed by atoms with Crippen LogP contribution in [0.2, 0.25) is 0 Å². The highest BCUT2D eigenvalue weighted by atomic mass is 19.1. The molecule has 0 bridgehead atoms. The van der Waals surface area contributed by atoms with E-state index in [1.807, 2.05) is 6.92 Å². The summed E-state index contributed by atoms with van der Waals surface area (Å²) in [6.07, 6.45) is 0.676. The second-order valence-electron chi connectivity index (χ2n) is 6.83. The van der Waals surface area contributed by atoms with Gasteiger partial charge in [0, 0.05) is 24.2 Å². The van der Waals surface area contributed by atoms with Crippen molar-refractivity contribution in [2.75, 3.05) is 32.1 Å². The van der Waals surface area contributed by atoms with Crippen LogP contribution >= 0.6 is 0 Å². The minimum atomic E-state index is -0.677. The fourth-order valence-corrected chi connectivity index (χ4v) is 2.99. The first-order chi connectivity index (χ1) is 14.3. The lowest BCUT2D eigenvalue weighted by Gasteiger charge is -2.23. The first-order valence-corrected chi connectivity index (χ1v) is 9.74. The third kappa shape index (κ3) is 6.52. The third-order valence-electron chi connectivity index (χ3n) is 4.55. The van der Waals surface area contributed by atoms with Crippen molar-refractivity contribution < 1.29 is 23.1 Å². The number of hydrogen-bond acceptors (Lipinski definition) is 4. The Morgan fingerprint density at radius 2 is 1.90 bits per heavy atom. The second kappa shape index (κ2) is 11.3. The average Bonchev–Trinajstić information content (AvgIpc) is 2.71. The molecule has 162 valence electrons. The number of methoxy groups -OCH3 is 1. The van der Waals surface area contributed by atoms with Gasteiger partial charge in [0.2, 0.25) is 11.8 Å². The van der Waals surface area contributed by atoms with Crippen molar-refractivity contribution in [1.82, 2.24) is 10.2 Å². The van der Waals surface area contributed by atoms with E-state index in [0.717, 1.165) is 6.07 Å². The van der Waals surface area contributed by atoms with E-state index in [4.69, 9.17) is 4.74 Å². The number of carbonyl (C=O) groups is 2. The summed E-state index contributed by atoms with van der Waals surface area (Å²) in [6, 6.07) is 9.82. The first-order valence-electron chi connectivity index (χ1n) is 9.74. The molecule has 2 rings (SSSR count). The molecule has 0 fully saturated rings. The van der Waals surface area contributed by atoms with Crippen LogP contribution in [0.4, 0.5) is 14.5 Å². The lowest BCUT2D eigenvalue weighted by Crippen LogP contribution is -2.43. The summed E-state index contributed by atoms with van der Waals surface area (Å²) in [6.45, 7) is 3.79.